The van der Waals surface area contributed by atoms with Crippen molar-refractivity contribution < 1.29 is 4.74 Å². The van der Waals surface area contributed by atoms with Crippen LogP contribution in [0.3, 0.4) is 0 Å². The molecule has 2 saturated carbocycles. The lowest BCUT2D eigenvalue weighted by Crippen LogP contribution is -2.31. The normalized spacial score (nSPS) is 20.5. The number of allylic oxidation sites excluding steroid dienone is 2. The van der Waals surface area contributed by atoms with Crippen molar-refractivity contribution in [3.63, 3.8) is 0 Å². The second-order valence-electron chi connectivity index (χ2n) is 10.9. The predicted molar refractivity (Wildman–Crippen MR) is 136 cm³/mol. The molecule has 1 aromatic rings. The van der Waals surface area contributed by atoms with E-state index in [0.717, 1.165) is 23.5 Å². The largest absolute Gasteiger partial charge is 0.491 e. The molecule has 0 amide bonds. The Balaban J connectivity index is 1.64. The van der Waals surface area contributed by atoms with Crippen molar-refractivity contribution >= 4 is 5.57 Å². The number of ether oxygens (including phenoxy) is 1. The standard InChI is InChI=1S/C30H48O/c1-6-23(4)30(22(2)3)27-17-19-28(20-18-27)31-24(5)21-29(25-13-9-7-10-14-25)26-15-11-8-12-16-26/h17-20,23-26,29H,6-16,21H2,1-5H3. The summed E-state index contributed by atoms with van der Waals surface area (Å²) in [5.41, 5.74) is 4.28. The average molecular weight is 425 g/mol. The Morgan fingerprint density at radius 2 is 1.35 bits per heavy atom. The van der Waals surface area contributed by atoms with E-state index in [1.807, 2.05) is 0 Å². The van der Waals surface area contributed by atoms with Crippen molar-refractivity contribution in [3.8, 4) is 5.75 Å². The topological polar surface area (TPSA) is 9.23 Å². The van der Waals surface area contributed by atoms with Crippen LogP contribution in [-0.2, 0) is 0 Å². The van der Waals surface area contributed by atoms with Crippen molar-refractivity contribution in [2.75, 3.05) is 0 Å². The molecular weight excluding hydrogens is 376 g/mol. The fourth-order valence-corrected chi connectivity index (χ4v) is 6.54. The third-order valence-corrected chi connectivity index (χ3v) is 8.26. The second kappa shape index (κ2) is 12.1. The molecular formula is C30H48O. The van der Waals surface area contributed by atoms with Gasteiger partial charge in [-0.05, 0) is 80.6 Å². The Labute approximate surface area is 193 Å². The highest BCUT2D eigenvalue weighted by Gasteiger charge is 2.32. The van der Waals surface area contributed by atoms with Crippen molar-refractivity contribution in [1.29, 1.82) is 0 Å². The summed E-state index contributed by atoms with van der Waals surface area (Å²) in [5, 5.41) is 0. The maximum Gasteiger partial charge on any atom is 0.119 e. The maximum atomic E-state index is 6.49. The summed E-state index contributed by atoms with van der Waals surface area (Å²) < 4.78 is 6.49. The molecule has 1 aromatic carbocycles. The number of rotatable bonds is 9. The van der Waals surface area contributed by atoms with Crippen LogP contribution >= 0.6 is 0 Å². The van der Waals surface area contributed by atoms with Crippen molar-refractivity contribution in [3.05, 3.63) is 35.4 Å². The Morgan fingerprint density at radius 1 is 0.839 bits per heavy atom. The summed E-state index contributed by atoms with van der Waals surface area (Å²) in [4.78, 5) is 0. The number of hydrogen-bond acceptors (Lipinski definition) is 1. The highest BCUT2D eigenvalue weighted by Crippen LogP contribution is 2.42. The van der Waals surface area contributed by atoms with Crippen LogP contribution in [0.15, 0.2) is 29.8 Å². The van der Waals surface area contributed by atoms with Gasteiger partial charge in [-0.3, -0.25) is 0 Å². The van der Waals surface area contributed by atoms with Crippen LogP contribution in [0, 0.1) is 23.7 Å². The minimum atomic E-state index is 0.303. The molecule has 31 heavy (non-hydrogen) atoms. The molecule has 2 aliphatic rings. The average Bonchev–Trinajstić information content (AvgIpc) is 2.79. The molecule has 0 radical (unpaired) electrons. The fraction of sp³-hybridized carbons (Fsp3) is 0.733. The minimum absolute atomic E-state index is 0.303. The van der Waals surface area contributed by atoms with Gasteiger partial charge in [-0.25, -0.2) is 0 Å². The smallest absolute Gasteiger partial charge is 0.119 e. The molecule has 3 rings (SSSR count). The van der Waals surface area contributed by atoms with Gasteiger partial charge in [0, 0.05) is 0 Å². The first-order valence-electron chi connectivity index (χ1n) is 13.4. The quantitative estimate of drug-likeness (QED) is 0.383. The lowest BCUT2D eigenvalue weighted by Gasteiger charge is -2.39. The van der Waals surface area contributed by atoms with Crippen LogP contribution in [0.25, 0.3) is 5.57 Å². The molecule has 1 heteroatoms. The van der Waals surface area contributed by atoms with Crippen LogP contribution in [-0.4, -0.2) is 6.10 Å². The van der Waals surface area contributed by atoms with E-state index in [4.69, 9.17) is 4.74 Å². The molecule has 174 valence electrons. The van der Waals surface area contributed by atoms with Gasteiger partial charge in [0.15, 0.2) is 0 Å². The van der Waals surface area contributed by atoms with E-state index < -0.39 is 0 Å². The molecule has 0 aliphatic heterocycles. The molecule has 1 nitrogen and oxygen atoms in total. The van der Waals surface area contributed by atoms with Gasteiger partial charge in [-0.1, -0.05) is 95.8 Å². The van der Waals surface area contributed by atoms with Gasteiger partial charge in [0.1, 0.15) is 5.75 Å². The van der Waals surface area contributed by atoms with Gasteiger partial charge < -0.3 is 4.74 Å². The Morgan fingerprint density at radius 3 is 1.81 bits per heavy atom. The van der Waals surface area contributed by atoms with Crippen LogP contribution in [0.2, 0.25) is 0 Å². The van der Waals surface area contributed by atoms with E-state index >= 15 is 0 Å². The Kier molecular flexibility index (Phi) is 9.54. The van der Waals surface area contributed by atoms with Crippen LogP contribution in [0.4, 0.5) is 0 Å². The van der Waals surface area contributed by atoms with E-state index in [1.165, 1.54) is 93.8 Å². The first-order valence-corrected chi connectivity index (χ1v) is 13.4. The summed E-state index contributed by atoms with van der Waals surface area (Å²) in [7, 11) is 0. The fourth-order valence-electron chi connectivity index (χ4n) is 6.54. The zero-order valence-corrected chi connectivity index (χ0v) is 21.1. The van der Waals surface area contributed by atoms with Crippen LogP contribution < -0.4 is 4.74 Å². The molecule has 0 bridgehead atoms. The molecule has 0 heterocycles. The zero-order chi connectivity index (χ0) is 22.2. The monoisotopic (exact) mass is 424 g/mol. The summed E-state index contributed by atoms with van der Waals surface area (Å²) in [6.07, 6.45) is 17.3. The number of benzene rings is 1. The second-order valence-corrected chi connectivity index (χ2v) is 10.9. The Bertz CT molecular complexity index is 651. The zero-order valence-electron chi connectivity index (χ0n) is 21.1. The minimum Gasteiger partial charge on any atom is -0.491 e. The Hall–Kier alpha value is -1.24. The first-order chi connectivity index (χ1) is 15.0. The molecule has 2 unspecified atom stereocenters. The maximum absolute atomic E-state index is 6.49. The molecule has 0 aromatic heterocycles. The van der Waals surface area contributed by atoms with Gasteiger partial charge in [-0.2, -0.15) is 0 Å². The number of hydrogen-bond donors (Lipinski definition) is 0. The van der Waals surface area contributed by atoms with E-state index in [0.29, 0.717) is 12.0 Å². The highest BCUT2D eigenvalue weighted by atomic mass is 16.5. The highest BCUT2D eigenvalue weighted by molar-refractivity contribution is 5.70. The molecule has 2 aliphatic carbocycles. The van der Waals surface area contributed by atoms with E-state index in [2.05, 4.69) is 58.9 Å². The predicted octanol–water partition coefficient (Wildman–Crippen LogP) is 9.46. The third kappa shape index (κ3) is 6.87. The van der Waals surface area contributed by atoms with E-state index in [-0.39, 0.29) is 0 Å². The summed E-state index contributed by atoms with van der Waals surface area (Å²) in [6.45, 7) is 11.4. The SMILES string of the molecule is CCC(C)C(=C(C)C)c1ccc(OC(C)CC(C2CCCCC2)C2CCCCC2)cc1. The summed E-state index contributed by atoms with van der Waals surface area (Å²) >= 11 is 0. The molecule has 0 saturated heterocycles. The van der Waals surface area contributed by atoms with Gasteiger partial charge in [-0.15, -0.1) is 0 Å². The van der Waals surface area contributed by atoms with Gasteiger partial charge >= 0.3 is 0 Å². The third-order valence-electron chi connectivity index (χ3n) is 8.26. The summed E-state index contributed by atoms with van der Waals surface area (Å²) in [5.74, 6) is 4.40. The van der Waals surface area contributed by atoms with Crippen molar-refractivity contribution in [2.24, 2.45) is 23.7 Å². The van der Waals surface area contributed by atoms with Gasteiger partial charge in [0.25, 0.3) is 0 Å². The van der Waals surface area contributed by atoms with Gasteiger partial charge in [0.2, 0.25) is 0 Å². The summed E-state index contributed by atoms with van der Waals surface area (Å²) in [6, 6.07) is 8.95. The lowest BCUT2D eigenvalue weighted by molar-refractivity contribution is 0.0872. The molecule has 2 atom stereocenters. The molecule has 0 spiro atoms. The van der Waals surface area contributed by atoms with E-state index in [1.54, 1.807) is 0 Å². The van der Waals surface area contributed by atoms with E-state index in [9.17, 15) is 0 Å². The first kappa shape index (κ1) is 24.4. The van der Waals surface area contributed by atoms with Crippen molar-refractivity contribution in [2.45, 2.75) is 118 Å². The van der Waals surface area contributed by atoms with Gasteiger partial charge in [0.05, 0.1) is 6.10 Å². The molecule has 2 fully saturated rings. The van der Waals surface area contributed by atoms with Crippen molar-refractivity contribution in [1.82, 2.24) is 0 Å². The molecule has 0 N–H and O–H groups in total. The van der Waals surface area contributed by atoms with Crippen LogP contribution in [0.5, 0.6) is 5.75 Å². The lowest BCUT2D eigenvalue weighted by atomic mass is 9.68. The van der Waals surface area contributed by atoms with Crippen LogP contribution in [0.1, 0.15) is 117 Å².